The van der Waals surface area contributed by atoms with Gasteiger partial charge < -0.3 is 1.43 Å². The van der Waals surface area contributed by atoms with Gasteiger partial charge >= 0.3 is 49.0 Å². The topological polar surface area (TPSA) is 0 Å². The Labute approximate surface area is 50.8 Å². The molecule has 0 aliphatic heterocycles. The van der Waals surface area contributed by atoms with Crippen LogP contribution in [0.5, 0.6) is 0 Å². The zero-order chi connectivity index (χ0) is 4.41. The van der Waals surface area contributed by atoms with E-state index in [-0.39, 0.29) is 1.43 Å². The normalized spacial score (nSPS) is 18.2. The van der Waals surface area contributed by atoms with Crippen molar-refractivity contribution in [3.05, 3.63) is 22.1 Å². The van der Waals surface area contributed by atoms with E-state index >= 15 is 0 Å². The van der Waals surface area contributed by atoms with Crippen LogP contribution in [0.15, 0.2) is 22.1 Å². The average molecular weight is 114 g/mol. The van der Waals surface area contributed by atoms with E-state index in [0.717, 1.165) is 0 Å². The van der Waals surface area contributed by atoms with Crippen LogP contribution in [0.25, 0.3) is 0 Å². The van der Waals surface area contributed by atoms with Gasteiger partial charge in [0.15, 0.2) is 0 Å². The van der Waals surface area contributed by atoms with Gasteiger partial charge in [0.25, 0.3) is 0 Å². The van der Waals surface area contributed by atoms with Gasteiger partial charge in [-0.15, -0.1) is 0 Å². The van der Waals surface area contributed by atoms with Crippen LogP contribution in [-0.2, 0) is 20.4 Å². The van der Waals surface area contributed by atoms with Crippen LogP contribution in [0.2, 0.25) is 0 Å². The Morgan fingerprint density at radius 1 is 1.83 bits per heavy atom. The fourth-order valence-electron chi connectivity index (χ4n) is 0.447. The summed E-state index contributed by atoms with van der Waals surface area (Å²) in [6.45, 7) is 0. The summed E-state index contributed by atoms with van der Waals surface area (Å²) in [7, 11) is 0. The number of allylic oxidation sites excluding steroid dienone is 4. The van der Waals surface area contributed by atoms with Crippen molar-refractivity contribution in [3.63, 3.8) is 0 Å². The average Bonchev–Trinajstić information content (AvgIpc) is 1.86. The number of hydrogen-bond acceptors (Lipinski definition) is 0. The van der Waals surface area contributed by atoms with Crippen molar-refractivity contribution < 1.29 is 21.9 Å². The van der Waals surface area contributed by atoms with Gasteiger partial charge in [-0.3, -0.25) is 0 Å². The van der Waals surface area contributed by atoms with Crippen molar-refractivity contribution in [2.75, 3.05) is 0 Å². The van der Waals surface area contributed by atoms with E-state index in [1.807, 2.05) is 0 Å². The van der Waals surface area contributed by atoms with Gasteiger partial charge in [0, 0.05) is 0 Å². The molecule has 0 fully saturated rings. The summed E-state index contributed by atoms with van der Waals surface area (Å²) in [5.41, 5.74) is 0. The molecule has 1 aliphatic carbocycles. The Morgan fingerprint density at radius 2 is 2.67 bits per heavy atom. The van der Waals surface area contributed by atoms with E-state index in [9.17, 15) is 0 Å². The summed E-state index contributed by atoms with van der Waals surface area (Å²) in [4.78, 5) is 0. The Morgan fingerprint density at radius 3 is 2.83 bits per heavy atom. The SMILES string of the molecule is [H-].[Ti][C]1=CC=CC1. The second kappa shape index (κ2) is 1.77. The molecule has 1 heteroatoms. The van der Waals surface area contributed by atoms with Crippen LogP contribution in [0, 0.1) is 0 Å². The minimum atomic E-state index is 0. The Kier molecular flexibility index (Phi) is 1.28. The van der Waals surface area contributed by atoms with E-state index in [1.54, 1.807) is 0 Å². The van der Waals surface area contributed by atoms with Crippen LogP contribution in [0.3, 0.4) is 0 Å². The van der Waals surface area contributed by atoms with Crippen molar-refractivity contribution in [1.29, 1.82) is 0 Å². The molecule has 0 saturated carbocycles. The molecule has 0 heterocycles. The van der Waals surface area contributed by atoms with Gasteiger partial charge in [0.2, 0.25) is 0 Å². The molecule has 1 rings (SSSR count). The van der Waals surface area contributed by atoms with Gasteiger partial charge in [-0.25, -0.2) is 0 Å². The molecule has 0 radical (unpaired) electrons. The van der Waals surface area contributed by atoms with Crippen molar-refractivity contribution in [1.82, 2.24) is 0 Å². The fraction of sp³-hybridized carbons (Fsp3) is 0.200. The fourth-order valence-corrected chi connectivity index (χ4v) is 0.782. The second-order valence-corrected chi connectivity index (χ2v) is 2.33. The summed E-state index contributed by atoms with van der Waals surface area (Å²) >= 11 is 2.14. The van der Waals surface area contributed by atoms with E-state index in [0.29, 0.717) is 0 Å². The summed E-state index contributed by atoms with van der Waals surface area (Å²) in [5.74, 6) is 0. The molecular weight excluding hydrogens is 108 g/mol. The molecule has 0 atom stereocenters. The molecule has 0 amide bonds. The zero-order valence-corrected chi connectivity index (χ0v) is 5.00. The number of hydrogen-bond donors (Lipinski definition) is 0. The molecule has 0 bridgehead atoms. The molecule has 1 aliphatic rings. The third kappa shape index (κ3) is 0.827. The second-order valence-electron chi connectivity index (χ2n) is 1.32. The maximum absolute atomic E-state index is 2.16. The monoisotopic (exact) mass is 114 g/mol. The molecule has 0 spiro atoms. The molecular formula is C5H6Ti-. The van der Waals surface area contributed by atoms with Crippen molar-refractivity contribution in [2.45, 2.75) is 6.42 Å². The maximum atomic E-state index is 2.16. The van der Waals surface area contributed by atoms with Gasteiger partial charge in [-0.05, 0) is 0 Å². The molecule has 0 nitrogen and oxygen atoms in total. The quantitative estimate of drug-likeness (QED) is 0.418. The van der Waals surface area contributed by atoms with Gasteiger partial charge in [-0.2, -0.15) is 0 Å². The molecule has 0 aromatic heterocycles. The molecule has 0 aromatic carbocycles. The van der Waals surface area contributed by atoms with Crippen molar-refractivity contribution in [2.24, 2.45) is 0 Å². The summed E-state index contributed by atoms with van der Waals surface area (Å²) in [5, 5.41) is 0. The van der Waals surface area contributed by atoms with Crippen LogP contribution in [-0.4, -0.2) is 0 Å². The van der Waals surface area contributed by atoms with Crippen LogP contribution < -0.4 is 0 Å². The van der Waals surface area contributed by atoms with E-state index in [2.05, 4.69) is 38.7 Å². The first-order valence-corrected chi connectivity index (χ1v) is 2.75. The summed E-state index contributed by atoms with van der Waals surface area (Å²) < 4.78 is 1.47. The zero-order valence-electron chi connectivity index (χ0n) is 4.44. The van der Waals surface area contributed by atoms with E-state index < -0.39 is 0 Å². The third-order valence-electron chi connectivity index (χ3n) is 0.771. The van der Waals surface area contributed by atoms with Crippen LogP contribution in [0.1, 0.15) is 7.85 Å². The Hall–Kier alpha value is 0.194. The van der Waals surface area contributed by atoms with E-state index in [1.165, 1.54) is 10.3 Å². The first-order chi connectivity index (χ1) is 2.89. The van der Waals surface area contributed by atoms with Crippen molar-refractivity contribution in [3.8, 4) is 0 Å². The van der Waals surface area contributed by atoms with Crippen LogP contribution in [0.4, 0.5) is 0 Å². The predicted molar refractivity (Wildman–Crippen MR) is 23.0 cm³/mol. The van der Waals surface area contributed by atoms with Gasteiger partial charge in [0.1, 0.15) is 0 Å². The first kappa shape index (κ1) is 4.36. The van der Waals surface area contributed by atoms with E-state index in [4.69, 9.17) is 0 Å². The molecule has 0 N–H and O–H groups in total. The predicted octanol–water partition coefficient (Wildman–Crippen LogP) is 1.49. The minimum absolute atomic E-state index is 0. The first-order valence-electron chi connectivity index (χ1n) is 1.97. The van der Waals surface area contributed by atoms with Gasteiger partial charge in [-0.1, -0.05) is 0 Å². The molecule has 0 unspecified atom stereocenters. The standard InChI is InChI=1S/C5H5.Ti.H/c1-2-4-5-3-1;;/h1-3H,4H2;;/q;;-1. The number of rotatable bonds is 0. The third-order valence-corrected chi connectivity index (χ3v) is 1.35. The molecule has 6 heavy (non-hydrogen) atoms. The van der Waals surface area contributed by atoms with Crippen molar-refractivity contribution >= 4 is 0 Å². The van der Waals surface area contributed by atoms with Crippen LogP contribution >= 0.6 is 0 Å². The molecule has 0 aromatic rings. The molecule has 31 valence electrons. The Bertz CT molecular complexity index is 105. The summed E-state index contributed by atoms with van der Waals surface area (Å²) in [6.07, 6.45) is 7.56. The Balaban J connectivity index is 0.000000360. The molecule has 0 saturated heterocycles. The van der Waals surface area contributed by atoms with Gasteiger partial charge in [0.05, 0.1) is 0 Å². The summed E-state index contributed by atoms with van der Waals surface area (Å²) in [6, 6.07) is 0.